The van der Waals surface area contributed by atoms with Gasteiger partial charge in [-0.05, 0) is 41.5 Å². The van der Waals surface area contributed by atoms with E-state index in [0.717, 1.165) is 0 Å². The molecule has 0 saturated heterocycles. The van der Waals surface area contributed by atoms with Gasteiger partial charge in [0.1, 0.15) is 6.04 Å². The van der Waals surface area contributed by atoms with Crippen LogP contribution in [0.1, 0.15) is 41.5 Å². The fraction of sp³-hybridized carbons (Fsp3) is 0.917. The molecule has 0 radical (unpaired) electrons. The lowest BCUT2D eigenvalue weighted by Gasteiger charge is -2.36. The number of rotatable bonds is 6. The van der Waals surface area contributed by atoms with Crippen LogP contribution in [0, 0.1) is 0 Å². The number of hydrogen-bond acceptors (Lipinski definition) is 4. The van der Waals surface area contributed by atoms with Gasteiger partial charge in [0.25, 0.3) is 0 Å². The standard InChI is InChI=1S/C12H25NO2S/c1-8(2)13(9(3)4)11(7-16)12(14)15-10(5)6/h8-11,16H,7H2,1-6H3. The Morgan fingerprint density at radius 1 is 1.12 bits per heavy atom. The van der Waals surface area contributed by atoms with Crippen LogP contribution in [0.25, 0.3) is 0 Å². The summed E-state index contributed by atoms with van der Waals surface area (Å²) in [5.74, 6) is 0.314. The summed E-state index contributed by atoms with van der Waals surface area (Å²) in [5.41, 5.74) is 0. The minimum Gasteiger partial charge on any atom is -0.462 e. The van der Waals surface area contributed by atoms with Gasteiger partial charge >= 0.3 is 5.97 Å². The van der Waals surface area contributed by atoms with Gasteiger partial charge in [-0.15, -0.1) is 0 Å². The topological polar surface area (TPSA) is 29.5 Å². The molecule has 0 N–H and O–H groups in total. The molecule has 3 nitrogen and oxygen atoms in total. The zero-order valence-corrected chi connectivity index (χ0v) is 12.1. The lowest BCUT2D eigenvalue weighted by atomic mass is 10.1. The molecule has 1 unspecified atom stereocenters. The summed E-state index contributed by atoms with van der Waals surface area (Å²) in [6, 6.07) is 0.347. The summed E-state index contributed by atoms with van der Waals surface area (Å²) in [4.78, 5) is 14.1. The molecule has 1 atom stereocenters. The number of thiol groups is 1. The van der Waals surface area contributed by atoms with Crippen LogP contribution < -0.4 is 0 Å². The van der Waals surface area contributed by atoms with Crippen molar-refractivity contribution >= 4 is 18.6 Å². The van der Waals surface area contributed by atoms with E-state index in [9.17, 15) is 4.79 Å². The Kier molecular flexibility index (Phi) is 7.07. The van der Waals surface area contributed by atoms with E-state index in [-0.39, 0.29) is 18.1 Å². The summed E-state index contributed by atoms with van der Waals surface area (Å²) in [6.45, 7) is 12.1. The van der Waals surface area contributed by atoms with E-state index in [1.54, 1.807) is 0 Å². The van der Waals surface area contributed by atoms with Gasteiger partial charge in [-0.2, -0.15) is 12.6 Å². The first-order chi connectivity index (χ1) is 7.31. The highest BCUT2D eigenvalue weighted by atomic mass is 32.1. The Hall–Kier alpha value is -0.220. The molecule has 0 bridgehead atoms. The van der Waals surface area contributed by atoms with Gasteiger partial charge < -0.3 is 4.74 Å². The molecule has 16 heavy (non-hydrogen) atoms. The third-order valence-electron chi connectivity index (χ3n) is 2.35. The Morgan fingerprint density at radius 3 is 1.81 bits per heavy atom. The van der Waals surface area contributed by atoms with E-state index in [0.29, 0.717) is 17.8 Å². The SMILES string of the molecule is CC(C)OC(=O)C(CS)N(C(C)C)C(C)C. The van der Waals surface area contributed by atoms with Crippen molar-refractivity contribution in [3.63, 3.8) is 0 Å². The lowest BCUT2D eigenvalue weighted by molar-refractivity contribution is -0.154. The predicted molar refractivity (Wildman–Crippen MR) is 71.0 cm³/mol. The molecule has 0 aromatic rings. The highest BCUT2D eigenvalue weighted by molar-refractivity contribution is 7.80. The van der Waals surface area contributed by atoms with Crippen LogP contribution in [0.2, 0.25) is 0 Å². The average molecular weight is 247 g/mol. The lowest BCUT2D eigenvalue weighted by Crippen LogP contribution is -2.51. The largest absolute Gasteiger partial charge is 0.462 e. The van der Waals surface area contributed by atoms with Crippen molar-refractivity contribution in [2.24, 2.45) is 0 Å². The number of ether oxygens (including phenoxy) is 1. The van der Waals surface area contributed by atoms with Gasteiger partial charge in [0.15, 0.2) is 0 Å². The van der Waals surface area contributed by atoms with E-state index in [2.05, 4.69) is 45.2 Å². The first kappa shape index (κ1) is 15.8. The zero-order valence-electron chi connectivity index (χ0n) is 11.2. The predicted octanol–water partition coefficient (Wildman–Crippen LogP) is 2.36. The van der Waals surface area contributed by atoms with Crippen molar-refractivity contribution in [3.05, 3.63) is 0 Å². The molecule has 0 aliphatic carbocycles. The number of hydrogen-bond donors (Lipinski definition) is 1. The number of carbonyl (C=O) groups excluding carboxylic acids is 1. The molecule has 0 rings (SSSR count). The molecule has 0 saturated carbocycles. The van der Waals surface area contributed by atoms with Crippen molar-refractivity contribution in [2.45, 2.75) is 65.8 Å². The molecular weight excluding hydrogens is 222 g/mol. The van der Waals surface area contributed by atoms with Crippen molar-refractivity contribution in [3.8, 4) is 0 Å². The molecule has 0 aliphatic rings. The first-order valence-electron chi connectivity index (χ1n) is 5.90. The van der Waals surface area contributed by atoms with Crippen LogP contribution in [0.4, 0.5) is 0 Å². The molecule has 0 aromatic carbocycles. The highest BCUT2D eigenvalue weighted by Crippen LogP contribution is 2.14. The fourth-order valence-electron chi connectivity index (χ4n) is 1.92. The van der Waals surface area contributed by atoms with Crippen LogP contribution in [-0.2, 0) is 9.53 Å². The second kappa shape index (κ2) is 7.17. The molecular formula is C12H25NO2S. The smallest absolute Gasteiger partial charge is 0.324 e. The van der Waals surface area contributed by atoms with E-state index < -0.39 is 0 Å². The van der Waals surface area contributed by atoms with Gasteiger partial charge in [0, 0.05) is 17.8 Å². The second-order valence-electron chi connectivity index (χ2n) is 4.82. The van der Waals surface area contributed by atoms with E-state index in [4.69, 9.17) is 4.74 Å². The molecule has 0 heterocycles. The van der Waals surface area contributed by atoms with Crippen LogP contribution in [-0.4, -0.2) is 40.9 Å². The highest BCUT2D eigenvalue weighted by Gasteiger charge is 2.30. The Balaban J connectivity index is 4.73. The average Bonchev–Trinajstić information content (AvgIpc) is 2.10. The van der Waals surface area contributed by atoms with Gasteiger partial charge in [0.05, 0.1) is 6.10 Å². The molecule has 0 fully saturated rings. The number of nitrogens with zero attached hydrogens (tertiary/aromatic N) is 1. The van der Waals surface area contributed by atoms with E-state index in [1.807, 2.05) is 13.8 Å². The maximum Gasteiger partial charge on any atom is 0.324 e. The molecule has 4 heteroatoms. The molecule has 0 aromatic heterocycles. The van der Waals surface area contributed by atoms with E-state index in [1.165, 1.54) is 0 Å². The van der Waals surface area contributed by atoms with Gasteiger partial charge in [-0.25, -0.2) is 0 Å². The third kappa shape index (κ3) is 4.74. The first-order valence-corrected chi connectivity index (χ1v) is 6.53. The van der Waals surface area contributed by atoms with Crippen molar-refractivity contribution < 1.29 is 9.53 Å². The number of carbonyl (C=O) groups is 1. The van der Waals surface area contributed by atoms with Crippen molar-refractivity contribution in [2.75, 3.05) is 5.75 Å². The maximum absolute atomic E-state index is 11.9. The molecule has 0 amide bonds. The zero-order chi connectivity index (χ0) is 12.9. The molecule has 0 aliphatic heterocycles. The Bertz CT molecular complexity index is 209. The Labute approximate surface area is 105 Å². The van der Waals surface area contributed by atoms with Gasteiger partial charge in [-0.1, -0.05) is 0 Å². The third-order valence-corrected chi connectivity index (χ3v) is 2.70. The summed E-state index contributed by atoms with van der Waals surface area (Å²) >= 11 is 4.26. The van der Waals surface area contributed by atoms with Crippen LogP contribution >= 0.6 is 12.6 Å². The summed E-state index contributed by atoms with van der Waals surface area (Å²) in [6.07, 6.45) is -0.0731. The summed E-state index contributed by atoms with van der Waals surface area (Å²) in [5, 5.41) is 0. The molecule has 96 valence electrons. The minimum atomic E-state index is -0.259. The van der Waals surface area contributed by atoms with E-state index >= 15 is 0 Å². The fourth-order valence-corrected chi connectivity index (χ4v) is 2.26. The quantitative estimate of drug-likeness (QED) is 0.577. The van der Waals surface area contributed by atoms with Crippen LogP contribution in [0.15, 0.2) is 0 Å². The maximum atomic E-state index is 11.9. The Morgan fingerprint density at radius 2 is 1.56 bits per heavy atom. The van der Waals surface area contributed by atoms with Crippen LogP contribution in [0.5, 0.6) is 0 Å². The normalized spacial score (nSPS) is 13.9. The summed E-state index contributed by atoms with van der Waals surface area (Å²) < 4.78 is 5.26. The van der Waals surface area contributed by atoms with Crippen LogP contribution in [0.3, 0.4) is 0 Å². The number of esters is 1. The van der Waals surface area contributed by atoms with Gasteiger partial charge in [-0.3, -0.25) is 9.69 Å². The molecule has 0 spiro atoms. The monoisotopic (exact) mass is 247 g/mol. The van der Waals surface area contributed by atoms with Gasteiger partial charge in [0.2, 0.25) is 0 Å². The van der Waals surface area contributed by atoms with Crippen molar-refractivity contribution in [1.29, 1.82) is 0 Å². The van der Waals surface area contributed by atoms with Crippen molar-refractivity contribution in [1.82, 2.24) is 4.90 Å². The summed E-state index contributed by atoms with van der Waals surface area (Å²) in [7, 11) is 0. The second-order valence-corrected chi connectivity index (χ2v) is 5.18. The minimum absolute atomic E-state index is 0.0731.